The van der Waals surface area contributed by atoms with Crippen LogP contribution in [0, 0.1) is 5.92 Å². The third-order valence-electron chi connectivity index (χ3n) is 3.12. The van der Waals surface area contributed by atoms with Crippen LogP contribution >= 0.6 is 0 Å². The standard InChI is InChI=1S/C15H23NO/c1-4-9-14(5-2)15(17)16(3)12-13-10-7-6-8-11-13/h6-8,10-11,14H,4-5,9,12H2,1-3H3. The number of carbonyl (C=O) groups is 1. The summed E-state index contributed by atoms with van der Waals surface area (Å²) in [5.41, 5.74) is 1.19. The largest absolute Gasteiger partial charge is 0.341 e. The first-order chi connectivity index (χ1) is 8.19. The van der Waals surface area contributed by atoms with Crippen molar-refractivity contribution in [1.29, 1.82) is 0 Å². The van der Waals surface area contributed by atoms with Crippen LogP contribution in [0.25, 0.3) is 0 Å². The SMILES string of the molecule is CCCC(CC)C(=O)N(C)Cc1ccccc1. The van der Waals surface area contributed by atoms with Gasteiger partial charge in [-0.3, -0.25) is 4.79 Å². The van der Waals surface area contributed by atoms with Gasteiger partial charge in [-0.1, -0.05) is 50.6 Å². The molecular formula is C15H23NO. The third kappa shape index (κ3) is 4.22. The topological polar surface area (TPSA) is 20.3 Å². The number of carbonyl (C=O) groups excluding carboxylic acids is 1. The second-order valence-corrected chi connectivity index (χ2v) is 4.57. The highest BCUT2D eigenvalue weighted by Gasteiger charge is 2.19. The molecule has 1 amide bonds. The first-order valence-electron chi connectivity index (χ1n) is 6.47. The van der Waals surface area contributed by atoms with Gasteiger partial charge in [-0.05, 0) is 18.4 Å². The van der Waals surface area contributed by atoms with E-state index in [4.69, 9.17) is 0 Å². The maximum Gasteiger partial charge on any atom is 0.225 e. The molecule has 0 heterocycles. The van der Waals surface area contributed by atoms with Crippen molar-refractivity contribution in [1.82, 2.24) is 4.90 Å². The van der Waals surface area contributed by atoms with Crippen LogP contribution in [0.3, 0.4) is 0 Å². The molecular weight excluding hydrogens is 210 g/mol. The van der Waals surface area contributed by atoms with Gasteiger partial charge in [-0.15, -0.1) is 0 Å². The van der Waals surface area contributed by atoms with Crippen molar-refractivity contribution in [3.05, 3.63) is 35.9 Å². The summed E-state index contributed by atoms with van der Waals surface area (Å²) in [5.74, 6) is 0.465. The van der Waals surface area contributed by atoms with Crippen LogP contribution in [-0.4, -0.2) is 17.9 Å². The highest BCUT2D eigenvalue weighted by Crippen LogP contribution is 2.15. The van der Waals surface area contributed by atoms with Crippen molar-refractivity contribution in [2.45, 2.75) is 39.7 Å². The molecule has 0 radical (unpaired) electrons. The number of hydrogen-bond donors (Lipinski definition) is 0. The molecule has 1 unspecified atom stereocenters. The van der Waals surface area contributed by atoms with Crippen molar-refractivity contribution in [3.8, 4) is 0 Å². The molecule has 0 aromatic heterocycles. The predicted molar refractivity (Wildman–Crippen MR) is 71.6 cm³/mol. The third-order valence-corrected chi connectivity index (χ3v) is 3.12. The number of benzene rings is 1. The van der Waals surface area contributed by atoms with Crippen LogP contribution in [0.5, 0.6) is 0 Å². The molecule has 0 aliphatic rings. The minimum absolute atomic E-state index is 0.189. The molecule has 2 nitrogen and oxygen atoms in total. The van der Waals surface area contributed by atoms with Gasteiger partial charge < -0.3 is 4.90 Å². The van der Waals surface area contributed by atoms with Gasteiger partial charge in [0.1, 0.15) is 0 Å². The summed E-state index contributed by atoms with van der Waals surface area (Å²) in [4.78, 5) is 14.0. The molecule has 0 bridgehead atoms. The lowest BCUT2D eigenvalue weighted by molar-refractivity contribution is -0.135. The summed E-state index contributed by atoms with van der Waals surface area (Å²) >= 11 is 0. The number of amides is 1. The normalized spacial score (nSPS) is 12.2. The molecule has 0 N–H and O–H groups in total. The van der Waals surface area contributed by atoms with E-state index < -0.39 is 0 Å². The van der Waals surface area contributed by atoms with E-state index in [0.717, 1.165) is 19.3 Å². The summed E-state index contributed by atoms with van der Waals surface area (Å²) < 4.78 is 0. The van der Waals surface area contributed by atoms with Crippen molar-refractivity contribution in [2.75, 3.05) is 7.05 Å². The quantitative estimate of drug-likeness (QED) is 0.736. The number of hydrogen-bond acceptors (Lipinski definition) is 1. The Balaban J connectivity index is 2.57. The molecule has 0 fully saturated rings. The lowest BCUT2D eigenvalue weighted by Crippen LogP contribution is -2.32. The zero-order valence-corrected chi connectivity index (χ0v) is 11.1. The Kier molecular flexibility index (Phi) is 5.75. The van der Waals surface area contributed by atoms with Crippen LogP contribution in [-0.2, 0) is 11.3 Å². The molecule has 1 aromatic carbocycles. The maximum absolute atomic E-state index is 12.2. The van der Waals surface area contributed by atoms with Gasteiger partial charge in [0.2, 0.25) is 5.91 Å². The Hall–Kier alpha value is -1.31. The van der Waals surface area contributed by atoms with Gasteiger partial charge in [0.05, 0.1) is 0 Å². The fraction of sp³-hybridized carbons (Fsp3) is 0.533. The fourth-order valence-corrected chi connectivity index (χ4v) is 2.10. The van der Waals surface area contributed by atoms with E-state index in [9.17, 15) is 4.79 Å². The molecule has 0 aliphatic carbocycles. The highest BCUT2D eigenvalue weighted by atomic mass is 16.2. The van der Waals surface area contributed by atoms with E-state index in [2.05, 4.69) is 26.0 Å². The zero-order chi connectivity index (χ0) is 12.7. The minimum Gasteiger partial charge on any atom is -0.341 e. The Morgan fingerprint density at radius 3 is 2.41 bits per heavy atom. The molecule has 0 aliphatic heterocycles. The summed E-state index contributed by atoms with van der Waals surface area (Å²) in [7, 11) is 1.90. The van der Waals surface area contributed by atoms with Crippen molar-refractivity contribution in [2.24, 2.45) is 5.92 Å². The van der Waals surface area contributed by atoms with Gasteiger partial charge in [0.15, 0.2) is 0 Å². The number of rotatable bonds is 6. The molecule has 0 saturated carbocycles. The van der Waals surface area contributed by atoms with Gasteiger partial charge >= 0.3 is 0 Å². The van der Waals surface area contributed by atoms with Gasteiger partial charge in [-0.25, -0.2) is 0 Å². The average Bonchev–Trinajstić information content (AvgIpc) is 2.36. The fourth-order valence-electron chi connectivity index (χ4n) is 2.10. The number of nitrogens with zero attached hydrogens (tertiary/aromatic N) is 1. The predicted octanol–water partition coefficient (Wildman–Crippen LogP) is 3.47. The van der Waals surface area contributed by atoms with E-state index in [1.807, 2.05) is 30.1 Å². The Labute approximate surface area is 105 Å². The molecule has 94 valence electrons. The Morgan fingerprint density at radius 1 is 1.24 bits per heavy atom. The zero-order valence-electron chi connectivity index (χ0n) is 11.1. The maximum atomic E-state index is 12.2. The smallest absolute Gasteiger partial charge is 0.225 e. The summed E-state index contributed by atoms with van der Waals surface area (Å²) in [6.07, 6.45) is 3.00. The van der Waals surface area contributed by atoms with Crippen LogP contribution < -0.4 is 0 Å². The van der Waals surface area contributed by atoms with E-state index >= 15 is 0 Å². The van der Waals surface area contributed by atoms with Crippen LogP contribution in [0.2, 0.25) is 0 Å². The van der Waals surface area contributed by atoms with Crippen molar-refractivity contribution in [3.63, 3.8) is 0 Å². The molecule has 0 spiro atoms. The highest BCUT2D eigenvalue weighted by molar-refractivity contribution is 5.78. The molecule has 0 saturated heterocycles. The van der Waals surface area contributed by atoms with E-state index in [0.29, 0.717) is 6.54 Å². The molecule has 1 rings (SSSR count). The first-order valence-corrected chi connectivity index (χ1v) is 6.47. The van der Waals surface area contributed by atoms with Gasteiger partial charge in [0, 0.05) is 19.5 Å². The first kappa shape index (κ1) is 13.8. The van der Waals surface area contributed by atoms with Crippen LogP contribution in [0.4, 0.5) is 0 Å². The Morgan fingerprint density at radius 2 is 1.88 bits per heavy atom. The van der Waals surface area contributed by atoms with E-state index in [-0.39, 0.29) is 11.8 Å². The molecule has 17 heavy (non-hydrogen) atoms. The van der Waals surface area contributed by atoms with Gasteiger partial charge in [0.25, 0.3) is 0 Å². The monoisotopic (exact) mass is 233 g/mol. The molecule has 1 aromatic rings. The second-order valence-electron chi connectivity index (χ2n) is 4.57. The summed E-state index contributed by atoms with van der Waals surface area (Å²) in [6.45, 7) is 4.93. The summed E-state index contributed by atoms with van der Waals surface area (Å²) in [5, 5.41) is 0. The second kappa shape index (κ2) is 7.10. The van der Waals surface area contributed by atoms with Gasteiger partial charge in [-0.2, -0.15) is 0 Å². The average molecular weight is 233 g/mol. The lowest BCUT2D eigenvalue weighted by Gasteiger charge is -2.22. The molecule has 2 heteroatoms. The van der Waals surface area contributed by atoms with Crippen molar-refractivity contribution < 1.29 is 4.79 Å². The van der Waals surface area contributed by atoms with Crippen molar-refractivity contribution >= 4 is 5.91 Å². The lowest BCUT2D eigenvalue weighted by atomic mass is 9.99. The minimum atomic E-state index is 0.189. The van der Waals surface area contributed by atoms with E-state index in [1.54, 1.807) is 0 Å². The Bertz CT molecular complexity index is 334. The summed E-state index contributed by atoms with van der Waals surface area (Å²) in [6, 6.07) is 10.1. The van der Waals surface area contributed by atoms with E-state index in [1.165, 1.54) is 5.56 Å². The van der Waals surface area contributed by atoms with Crippen LogP contribution in [0.1, 0.15) is 38.7 Å². The molecule has 1 atom stereocenters. The van der Waals surface area contributed by atoms with Crippen LogP contribution in [0.15, 0.2) is 30.3 Å².